The molecule has 1 N–H and O–H groups in total. The Labute approximate surface area is 116 Å². The summed E-state index contributed by atoms with van der Waals surface area (Å²) >= 11 is 0. The van der Waals surface area contributed by atoms with Crippen LogP contribution in [0, 0.1) is 22.7 Å². The zero-order chi connectivity index (χ0) is 15.2. The maximum Gasteiger partial charge on any atom is 0.368 e. The molecule has 1 rings (SSSR count). The fourth-order valence-electron chi connectivity index (χ4n) is 0.844. The third-order valence-electron chi connectivity index (χ3n) is 1.62. The van der Waals surface area contributed by atoms with Gasteiger partial charge in [0.1, 0.15) is 12.1 Å². The normalized spacial score (nSPS) is 8.85. The summed E-state index contributed by atoms with van der Waals surface area (Å²) in [7, 11) is 0. The Bertz CT molecular complexity index is 563. The Hall–Kier alpha value is -3.28. The van der Waals surface area contributed by atoms with Gasteiger partial charge in [0.2, 0.25) is 5.71 Å². The summed E-state index contributed by atoms with van der Waals surface area (Å²) in [5.74, 6) is 0.476. The van der Waals surface area contributed by atoms with Crippen LogP contribution >= 0.6 is 0 Å². The molecule has 20 heavy (non-hydrogen) atoms. The predicted octanol–water partition coefficient (Wildman–Crippen LogP) is 0.661. The first-order chi connectivity index (χ1) is 9.69. The van der Waals surface area contributed by atoms with E-state index in [4.69, 9.17) is 15.9 Å². The quantitative estimate of drug-likeness (QED) is 0.454. The lowest BCUT2D eigenvalue weighted by atomic mass is 10.4. The highest BCUT2D eigenvalue weighted by molar-refractivity contribution is 6.43. The molecule has 7 nitrogen and oxygen atoms in total. The van der Waals surface area contributed by atoms with E-state index in [1.54, 1.807) is 6.92 Å². The number of carbonyl (C=O) groups excluding carboxylic acids is 1. The molecule has 0 unspecified atom stereocenters. The minimum atomic E-state index is -0.946. The number of allylic oxidation sites excluding steroid dienone is 1. The average molecular weight is 269 g/mol. The highest BCUT2D eigenvalue weighted by atomic mass is 16.5. The highest BCUT2D eigenvalue weighted by Crippen LogP contribution is 1.92. The van der Waals surface area contributed by atoms with Crippen molar-refractivity contribution < 1.29 is 14.5 Å². The van der Waals surface area contributed by atoms with Crippen LogP contribution in [0.4, 0.5) is 0 Å². The van der Waals surface area contributed by atoms with E-state index in [0.29, 0.717) is 0 Å². The number of esters is 1. The number of carbonyl (C=O) groups is 1. The Morgan fingerprint density at radius 2 is 1.95 bits per heavy atom. The van der Waals surface area contributed by atoms with Crippen LogP contribution in [0.3, 0.4) is 0 Å². The molecular formula is C13H11N5O2. The maximum absolute atomic E-state index is 10.9. The fourth-order valence-corrected chi connectivity index (χ4v) is 0.844. The average Bonchev–Trinajstić information content (AvgIpc) is 2.51. The summed E-state index contributed by atoms with van der Waals surface area (Å²) in [6.07, 6.45) is 3.75. The zero-order valence-corrected chi connectivity index (χ0v) is 10.7. The van der Waals surface area contributed by atoms with E-state index in [-0.39, 0.29) is 6.61 Å². The monoisotopic (exact) mass is 269 g/mol. The summed E-state index contributed by atoms with van der Waals surface area (Å²) in [5, 5.41) is 25.1. The number of aromatic nitrogens is 1. The van der Waals surface area contributed by atoms with Crippen LogP contribution in [0.5, 0.6) is 0 Å². The van der Waals surface area contributed by atoms with E-state index < -0.39 is 17.4 Å². The molecule has 1 aromatic rings. The Balaban J connectivity index is 0.000000493. The molecule has 0 aliphatic heterocycles. The molecule has 1 aromatic heterocycles. The van der Waals surface area contributed by atoms with Crippen molar-refractivity contribution >= 4 is 17.6 Å². The van der Waals surface area contributed by atoms with Crippen LogP contribution in [0.1, 0.15) is 6.92 Å². The molecule has 0 aliphatic rings. The molecule has 0 bridgehead atoms. The number of nitrogens with one attached hydrogen (secondary N) is 1. The van der Waals surface area contributed by atoms with Crippen molar-refractivity contribution in [2.45, 2.75) is 6.92 Å². The number of nitriles is 2. The minimum absolute atomic E-state index is 0.0912. The first-order valence-electron chi connectivity index (χ1n) is 5.43. The van der Waals surface area contributed by atoms with Gasteiger partial charge in [0.25, 0.3) is 0 Å². The summed E-state index contributed by atoms with van der Waals surface area (Å²) in [5.41, 5.74) is -1.17. The molecule has 0 aromatic carbocycles. The SMILES string of the molecule is CCOC(=O)C(C#N)=NC(=C=[N-])C#N.c1cc[nH+]cc1. The van der Waals surface area contributed by atoms with Gasteiger partial charge in [0.15, 0.2) is 18.1 Å². The third-order valence-corrected chi connectivity index (χ3v) is 1.62. The summed E-state index contributed by atoms with van der Waals surface area (Å²) in [6.45, 7) is 1.65. The van der Waals surface area contributed by atoms with Gasteiger partial charge in [-0.25, -0.2) is 20.6 Å². The zero-order valence-electron chi connectivity index (χ0n) is 10.7. The smallest absolute Gasteiger partial charge is 0.368 e. The molecule has 100 valence electrons. The molecule has 0 saturated carbocycles. The highest BCUT2D eigenvalue weighted by Gasteiger charge is 2.11. The molecule has 0 aliphatic carbocycles. The number of pyridine rings is 1. The molecule has 0 amide bonds. The lowest BCUT2D eigenvalue weighted by Crippen LogP contribution is -2.15. The van der Waals surface area contributed by atoms with Gasteiger partial charge < -0.3 is 10.1 Å². The van der Waals surface area contributed by atoms with Crippen LogP contribution in [0.15, 0.2) is 41.3 Å². The lowest BCUT2D eigenvalue weighted by molar-refractivity contribution is -0.377. The molecule has 0 radical (unpaired) electrons. The second kappa shape index (κ2) is 10.8. The van der Waals surface area contributed by atoms with Crippen LogP contribution in [-0.2, 0) is 9.53 Å². The van der Waals surface area contributed by atoms with Crippen molar-refractivity contribution in [3.8, 4) is 12.1 Å². The van der Waals surface area contributed by atoms with Crippen molar-refractivity contribution in [2.24, 2.45) is 4.99 Å². The van der Waals surface area contributed by atoms with Crippen molar-refractivity contribution in [2.75, 3.05) is 6.61 Å². The number of ether oxygens (including phenoxy) is 1. The Morgan fingerprint density at radius 1 is 1.30 bits per heavy atom. The van der Waals surface area contributed by atoms with Crippen molar-refractivity contribution in [1.29, 1.82) is 10.5 Å². The van der Waals surface area contributed by atoms with E-state index in [0.717, 1.165) is 0 Å². The number of nitrogens with zero attached hydrogens (tertiary/aromatic N) is 4. The van der Waals surface area contributed by atoms with E-state index in [9.17, 15) is 4.79 Å². The number of aromatic amines is 1. The van der Waals surface area contributed by atoms with Crippen LogP contribution < -0.4 is 4.98 Å². The van der Waals surface area contributed by atoms with Gasteiger partial charge in [-0.05, 0) is 6.92 Å². The van der Waals surface area contributed by atoms with Gasteiger partial charge in [-0.1, -0.05) is 6.07 Å². The van der Waals surface area contributed by atoms with Gasteiger partial charge in [-0.3, -0.25) is 0 Å². The van der Waals surface area contributed by atoms with Gasteiger partial charge >= 0.3 is 5.97 Å². The first-order valence-corrected chi connectivity index (χ1v) is 5.43. The topological polar surface area (TPSA) is 123 Å². The van der Waals surface area contributed by atoms with E-state index >= 15 is 0 Å². The number of aliphatic imine (C=N–C) groups is 1. The van der Waals surface area contributed by atoms with Crippen LogP contribution in [0.2, 0.25) is 0 Å². The molecule has 0 fully saturated rings. The van der Waals surface area contributed by atoms with E-state index in [2.05, 4.69) is 14.7 Å². The van der Waals surface area contributed by atoms with Crippen LogP contribution in [-0.4, -0.2) is 24.2 Å². The second-order valence-electron chi connectivity index (χ2n) is 2.94. The number of hydrogen-bond donors (Lipinski definition) is 0. The molecular weight excluding hydrogens is 258 g/mol. The summed E-state index contributed by atoms with van der Waals surface area (Å²) in [4.78, 5) is 17.1. The van der Waals surface area contributed by atoms with Crippen LogP contribution in [0.25, 0.3) is 5.41 Å². The number of H-pyrrole nitrogens is 1. The van der Waals surface area contributed by atoms with E-state index in [1.807, 2.05) is 30.6 Å². The maximum atomic E-state index is 10.9. The van der Waals surface area contributed by atoms with Gasteiger partial charge in [0.05, 0.1) is 6.61 Å². The molecule has 1 heterocycles. The summed E-state index contributed by atoms with van der Waals surface area (Å²) < 4.78 is 4.46. The Kier molecular flexibility index (Phi) is 9.07. The van der Waals surface area contributed by atoms with Crippen molar-refractivity contribution in [1.82, 2.24) is 0 Å². The number of hydrogen-bond acceptors (Lipinski definition) is 5. The largest absolute Gasteiger partial charge is 0.761 e. The number of rotatable bonds is 3. The van der Waals surface area contributed by atoms with E-state index in [1.165, 1.54) is 18.0 Å². The minimum Gasteiger partial charge on any atom is -0.761 e. The van der Waals surface area contributed by atoms with Crippen molar-refractivity contribution in [3.05, 3.63) is 41.7 Å². The second-order valence-corrected chi connectivity index (χ2v) is 2.94. The lowest BCUT2D eigenvalue weighted by Gasteiger charge is -1.97. The molecule has 7 heteroatoms. The van der Waals surface area contributed by atoms with Crippen molar-refractivity contribution in [3.63, 3.8) is 0 Å². The van der Waals surface area contributed by atoms with Gasteiger partial charge in [-0.2, -0.15) is 10.5 Å². The first kappa shape index (κ1) is 16.7. The third kappa shape index (κ3) is 7.13. The molecule has 0 saturated heterocycles. The fraction of sp³-hybridized carbons (Fsp3) is 0.154. The summed E-state index contributed by atoms with van der Waals surface area (Å²) in [6, 6.07) is 8.72. The molecule has 0 atom stereocenters. The van der Waals surface area contributed by atoms with Gasteiger partial charge in [0, 0.05) is 12.1 Å². The molecule has 0 spiro atoms. The predicted molar refractivity (Wildman–Crippen MR) is 70.2 cm³/mol. The standard InChI is InChI=1S/C8H5N4O2.C5H5N/c1-2-14-8(13)7(5-11)12-6(3-9)4-10;1-2-4-6-5-3-1/h2H2,1H3;1-5H/q-1;/p+1. The van der Waals surface area contributed by atoms with Gasteiger partial charge in [-0.15, -0.1) is 0 Å². The Morgan fingerprint density at radius 3 is 2.25 bits per heavy atom.